The van der Waals surface area contributed by atoms with E-state index in [1.54, 1.807) is 0 Å². The van der Waals surface area contributed by atoms with Crippen molar-refractivity contribution in [2.24, 2.45) is 57.7 Å². The van der Waals surface area contributed by atoms with Crippen LogP contribution < -0.4 is 0 Å². The van der Waals surface area contributed by atoms with Crippen LogP contribution in [-0.4, -0.2) is 11.2 Å². The first kappa shape index (κ1) is 24.8. The minimum absolute atomic E-state index is 0.0795. The summed E-state index contributed by atoms with van der Waals surface area (Å²) in [5.74, 6) is 5.37. The maximum absolute atomic E-state index is 10.6. The number of fused-ring (bicyclic) bond motifs is 5. The molecule has 3 saturated carbocycles. The molecule has 0 aliphatic heterocycles. The molecule has 0 aromatic rings. The van der Waals surface area contributed by atoms with Crippen LogP contribution >= 0.6 is 0 Å². The topological polar surface area (TPSA) is 20.2 Å². The SMILES string of the molecule is CCC(CCC(C)C1CCC2(C)C3CCC4C(C)C(O)CCC4(C)C3=CCC12C)C(C)C. The average molecular weight is 443 g/mol. The molecule has 3 fully saturated rings. The van der Waals surface area contributed by atoms with Crippen molar-refractivity contribution in [2.75, 3.05) is 0 Å². The van der Waals surface area contributed by atoms with Crippen molar-refractivity contribution in [3.05, 3.63) is 11.6 Å². The molecule has 1 heteroatoms. The van der Waals surface area contributed by atoms with Gasteiger partial charge < -0.3 is 5.11 Å². The van der Waals surface area contributed by atoms with Crippen molar-refractivity contribution in [3.8, 4) is 0 Å². The summed E-state index contributed by atoms with van der Waals surface area (Å²) in [5.41, 5.74) is 3.09. The second-order valence-electron chi connectivity index (χ2n) is 13.9. The van der Waals surface area contributed by atoms with Crippen LogP contribution in [0.2, 0.25) is 0 Å². The molecule has 0 heterocycles. The van der Waals surface area contributed by atoms with E-state index in [0.29, 0.717) is 28.1 Å². The summed E-state index contributed by atoms with van der Waals surface area (Å²) in [7, 11) is 0. The lowest BCUT2D eigenvalue weighted by molar-refractivity contribution is -0.0781. The van der Waals surface area contributed by atoms with Crippen LogP contribution in [0.4, 0.5) is 0 Å². The van der Waals surface area contributed by atoms with Crippen molar-refractivity contribution in [2.45, 2.75) is 126 Å². The first-order chi connectivity index (χ1) is 15.0. The standard InChI is InChI=1S/C31H54O/c1-9-23(20(2)3)11-10-21(4)24-14-18-31(8)27-13-12-25-22(5)28(32)16-17-29(25,6)26(27)15-19-30(24,31)7/h15,20-25,27-28,32H,9-14,16-19H2,1-8H3. The summed E-state index contributed by atoms with van der Waals surface area (Å²) in [6, 6.07) is 0. The van der Waals surface area contributed by atoms with Crippen LogP contribution in [0.1, 0.15) is 120 Å². The molecular weight excluding hydrogens is 388 g/mol. The minimum Gasteiger partial charge on any atom is -0.393 e. The number of aliphatic hydroxyl groups excluding tert-OH is 1. The Hall–Kier alpha value is -0.300. The van der Waals surface area contributed by atoms with Gasteiger partial charge in [-0.2, -0.15) is 0 Å². The molecule has 1 nitrogen and oxygen atoms in total. The van der Waals surface area contributed by atoms with Gasteiger partial charge in [-0.25, -0.2) is 0 Å². The van der Waals surface area contributed by atoms with E-state index in [9.17, 15) is 5.11 Å². The second kappa shape index (κ2) is 8.73. The van der Waals surface area contributed by atoms with Crippen LogP contribution in [0.25, 0.3) is 0 Å². The van der Waals surface area contributed by atoms with E-state index in [1.807, 2.05) is 5.57 Å². The van der Waals surface area contributed by atoms with Crippen LogP contribution in [0.3, 0.4) is 0 Å². The molecule has 0 radical (unpaired) electrons. The summed E-state index contributed by atoms with van der Waals surface area (Å²) in [6.45, 7) is 20.1. The zero-order valence-electron chi connectivity index (χ0n) is 22.7. The van der Waals surface area contributed by atoms with Gasteiger partial charge in [-0.15, -0.1) is 0 Å². The maximum atomic E-state index is 10.6. The molecule has 0 aromatic heterocycles. The lowest BCUT2D eigenvalue weighted by atomic mass is 9.43. The Labute approximate surface area is 200 Å². The molecule has 10 unspecified atom stereocenters. The minimum atomic E-state index is -0.0795. The lowest BCUT2D eigenvalue weighted by Crippen LogP contribution is -2.55. The van der Waals surface area contributed by atoms with Gasteiger partial charge >= 0.3 is 0 Å². The summed E-state index contributed by atoms with van der Waals surface area (Å²) < 4.78 is 0. The summed E-state index contributed by atoms with van der Waals surface area (Å²) in [4.78, 5) is 0. The predicted octanol–water partition coefficient (Wildman–Crippen LogP) is 8.66. The first-order valence-electron chi connectivity index (χ1n) is 14.4. The molecule has 32 heavy (non-hydrogen) atoms. The largest absolute Gasteiger partial charge is 0.393 e. The Balaban J connectivity index is 1.57. The van der Waals surface area contributed by atoms with E-state index in [2.05, 4.69) is 61.5 Å². The zero-order chi connectivity index (χ0) is 23.5. The third-order valence-electron chi connectivity index (χ3n) is 12.6. The molecule has 184 valence electrons. The molecule has 0 bridgehead atoms. The Morgan fingerprint density at radius 3 is 2.34 bits per heavy atom. The van der Waals surface area contributed by atoms with E-state index in [1.165, 1.54) is 57.8 Å². The highest BCUT2D eigenvalue weighted by atomic mass is 16.3. The van der Waals surface area contributed by atoms with E-state index in [-0.39, 0.29) is 6.10 Å². The van der Waals surface area contributed by atoms with Crippen molar-refractivity contribution in [1.82, 2.24) is 0 Å². The Kier molecular flexibility index (Phi) is 6.77. The van der Waals surface area contributed by atoms with E-state index in [0.717, 1.165) is 36.0 Å². The highest BCUT2D eigenvalue weighted by Crippen LogP contribution is 2.72. The Morgan fingerprint density at radius 2 is 1.69 bits per heavy atom. The van der Waals surface area contributed by atoms with Gasteiger partial charge in [0.1, 0.15) is 0 Å². The number of rotatable bonds is 6. The van der Waals surface area contributed by atoms with E-state index < -0.39 is 0 Å². The van der Waals surface area contributed by atoms with Gasteiger partial charge in [0.2, 0.25) is 0 Å². The van der Waals surface area contributed by atoms with Crippen molar-refractivity contribution in [3.63, 3.8) is 0 Å². The molecule has 0 saturated heterocycles. The fourth-order valence-electron chi connectivity index (χ4n) is 9.98. The van der Waals surface area contributed by atoms with Crippen LogP contribution in [0, 0.1) is 57.7 Å². The number of allylic oxidation sites excluding steroid dienone is 2. The highest BCUT2D eigenvalue weighted by molar-refractivity contribution is 5.32. The molecule has 1 N–H and O–H groups in total. The molecule has 0 amide bonds. The van der Waals surface area contributed by atoms with Crippen molar-refractivity contribution in [1.29, 1.82) is 0 Å². The zero-order valence-corrected chi connectivity index (χ0v) is 22.7. The van der Waals surface area contributed by atoms with Crippen molar-refractivity contribution >= 4 is 0 Å². The van der Waals surface area contributed by atoms with Gasteiger partial charge in [0, 0.05) is 0 Å². The summed E-state index contributed by atoms with van der Waals surface area (Å²) >= 11 is 0. The Bertz CT molecular complexity index is 707. The smallest absolute Gasteiger partial charge is 0.0569 e. The third-order valence-corrected chi connectivity index (χ3v) is 12.6. The fourth-order valence-corrected chi connectivity index (χ4v) is 9.98. The third kappa shape index (κ3) is 3.58. The van der Waals surface area contributed by atoms with Crippen LogP contribution in [0.5, 0.6) is 0 Å². The fraction of sp³-hybridized carbons (Fsp3) is 0.935. The number of aliphatic hydroxyl groups is 1. The monoisotopic (exact) mass is 442 g/mol. The van der Waals surface area contributed by atoms with Gasteiger partial charge in [-0.05, 0) is 109 Å². The maximum Gasteiger partial charge on any atom is 0.0569 e. The average Bonchev–Trinajstić information content (AvgIpc) is 3.02. The van der Waals surface area contributed by atoms with Gasteiger partial charge in [0.05, 0.1) is 6.10 Å². The van der Waals surface area contributed by atoms with Gasteiger partial charge in [0.15, 0.2) is 0 Å². The lowest BCUT2D eigenvalue weighted by Gasteiger charge is -2.62. The number of hydrogen-bond acceptors (Lipinski definition) is 1. The molecule has 4 aliphatic rings. The molecule has 0 spiro atoms. The number of hydrogen-bond donors (Lipinski definition) is 1. The molecular formula is C31H54O. The molecule has 4 rings (SSSR count). The van der Waals surface area contributed by atoms with Crippen LogP contribution in [-0.2, 0) is 0 Å². The second-order valence-corrected chi connectivity index (χ2v) is 13.9. The van der Waals surface area contributed by atoms with Gasteiger partial charge in [-0.1, -0.05) is 79.9 Å². The quantitative estimate of drug-likeness (QED) is 0.408. The summed E-state index contributed by atoms with van der Waals surface area (Å²) in [6.07, 6.45) is 15.9. The molecule has 0 aromatic carbocycles. The molecule has 10 atom stereocenters. The Morgan fingerprint density at radius 1 is 0.969 bits per heavy atom. The molecule has 4 aliphatic carbocycles. The predicted molar refractivity (Wildman–Crippen MR) is 137 cm³/mol. The highest BCUT2D eigenvalue weighted by Gasteiger charge is 2.64. The summed E-state index contributed by atoms with van der Waals surface area (Å²) in [5, 5.41) is 10.6. The van der Waals surface area contributed by atoms with Gasteiger partial charge in [-0.3, -0.25) is 0 Å². The normalized spacial score (nSPS) is 47.9. The van der Waals surface area contributed by atoms with E-state index >= 15 is 0 Å². The van der Waals surface area contributed by atoms with Crippen LogP contribution in [0.15, 0.2) is 11.6 Å². The first-order valence-corrected chi connectivity index (χ1v) is 14.4. The van der Waals surface area contributed by atoms with E-state index in [4.69, 9.17) is 0 Å². The van der Waals surface area contributed by atoms with Gasteiger partial charge in [0.25, 0.3) is 0 Å². The van der Waals surface area contributed by atoms with Crippen molar-refractivity contribution < 1.29 is 5.11 Å².